The van der Waals surface area contributed by atoms with Crippen LogP contribution in [0.3, 0.4) is 0 Å². The minimum atomic E-state index is 1.20. The molecule has 0 aliphatic carbocycles. The van der Waals surface area contributed by atoms with Gasteiger partial charge < -0.3 is 4.57 Å². The molecule has 2 aromatic heterocycles. The molecule has 0 aliphatic heterocycles. The molecule has 0 bridgehead atoms. The van der Waals surface area contributed by atoms with Crippen molar-refractivity contribution in [2.75, 3.05) is 0 Å². The van der Waals surface area contributed by atoms with E-state index in [2.05, 4.69) is 121 Å². The Balaban J connectivity index is 1.85. The lowest BCUT2D eigenvalue weighted by Gasteiger charge is -2.10. The Bertz CT molecular complexity index is 1870. The lowest BCUT2D eigenvalue weighted by Crippen LogP contribution is -1.93. The van der Waals surface area contributed by atoms with Gasteiger partial charge in [-0.25, -0.2) is 0 Å². The number of fused-ring (bicyclic) bond motifs is 10. The number of hydrogen-bond acceptors (Lipinski definition) is 1. The van der Waals surface area contributed by atoms with Crippen LogP contribution in [0, 0.1) is 0 Å². The molecule has 0 saturated carbocycles. The van der Waals surface area contributed by atoms with E-state index in [1.165, 1.54) is 64.0 Å². The number of para-hydroxylation sites is 2. The van der Waals surface area contributed by atoms with Gasteiger partial charge in [-0.1, -0.05) is 91.0 Å². The van der Waals surface area contributed by atoms with E-state index in [1.54, 1.807) is 0 Å². The molecule has 0 fully saturated rings. The summed E-state index contributed by atoms with van der Waals surface area (Å²) in [6.45, 7) is 2.09. The topological polar surface area (TPSA) is 4.93 Å². The van der Waals surface area contributed by atoms with Crippen LogP contribution in [0.1, 0.15) is 12.5 Å². The fourth-order valence-electron chi connectivity index (χ4n) is 5.38. The predicted octanol–water partition coefficient (Wildman–Crippen LogP) is 9.34. The van der Waals surface area contributed by atoms with Gasteiger partial charge in [-0.15, -0.1) is 11.3 Å². The second-order valence-electron chi connectivity index (χ2n) is 8.49. The van der Waals surface area contributed by atoms with Crippen molar-refractivity contribution in [1.29, 1.82) is 0 Å². The molecule has 2 heteroatoms. The SMILES string of the molecule is C/C=C/c1cccc2c1sc1c2c2ccccc2c2c3ccccc3n(-c3ccccc3)c12. The fraction of sp³-hybridized carbons (Fsp3) is 0.0323. The van der Waals surface area contributed by atoms with Crippen LogP contribution >= 0.6 is 11.3 Å². The Morgan fingerprint density at radius 1 is 0.606 bits per heavy atom. The zero-order valence-electron chi connectivity index (χ0n) is 18.2. The fourth-order valence-corrected chi connectivity index (χ4v) is 6.73. The van der Waals surface area contributed by atoms with Gasteiger partial charge in [-0.05, 0) is 41.5 Å². The summed E-state index contributed by atoms with van der Waals surface area (Å²) in [5, 5.41) is 8.01. The van der Waals surface area contributed by atoms with Crippen LogP contribution in [0.2, 0.25) is 0 Å². The van der Waals surface area contributed by atoms with E-state index < -0.39 is 0 Å². The Hall–Kier alpha value is -3.88. The summed E-state index contributed by atoms with van der Waals surface area (Å²) in [5.74, 6) is 0. The summed E-state index contributed by atoms with van der Waals surface area (Å²) in [5.41, 5.74) is 5.05. The van der Waals surface area contributed by atoms with Gasteiger partial charge in [0, 0.05) is 31.9 Å². The molecular formula is C31H21NS. The Morgan fingerprint density at radius 2 is 1.27 bits per heavy atom. The minimum absolute atomic E-state index is 1.20. The number of allylic oxidation sites excluding steroid dienone is 1. The minimum Gasteiger partial charge on any atom is -0.308 e. The van der Waals surface area contributed by atoms with E-state index in [0.717, 1.165) is 0 Å². The first-order valence-corrected chi connectivity index (χ1v) is 12.2. The first-order valence-electron chi connectivity index (χ1n) is 11.3. The third-order valence-corrected chi connectivity index (χ3v) is 7.92. The smallest absolute Gasteiger partial charge is 0.0726 e. The average Bonchev–Trinajstić information content (AvgIpc) is 3.42. The highest BCUT2D eigenvalue weighted by atomic mass is 32.1. The zero-order valence-corrected chi connectivity index (χ0v) is 19.1. The maximum atomic E-state index is 2.46. The van der Waals surface area contributed by atoms with Crippen LogP contribution in [0.25, 0.3) is 64.5 Å². The first kappa shape index (κ1) is 18.7. The molecule has 0 N–H and O–H groups in total. The van der Waals surface area contributed by atoms with Crippen molar-refractivity contribution in [3.05, 3.63) is 109 Å². The molecule has 7 aromatic rings. The summed E-state index contributed by atoms with van der Waals surface area (Å²) in [6.07, 6.45) is 4.36. The second-order valence-corrected chi connectivity index (χ2v) is 9.51. The second kappa shape index (κ2) is 7.06. The number of benzene rings is 5. The molecule has 0 amide bonds. The average molecular weight is 440 g/mol. The number of aromatic nitrogens is 1. The van der Waals surface area contributed by atoms with Gasteiger partial charge in [0.15, 0.2) is 0 Å². The molecule has 0 aliphatic rings. The third kappa shape index (κ3) is 2.53. The van der Waals surface area contributed by atoms with E-state index in [1.807, 2.05) is 11.3 Å². The lowest BCUT2D eigenvalue weighted by molar-refractivity contribution is 1.19. The first-order chi connectivity index (χ1) is 16.4. The number of thiophene rings is 1. The molecule has 5 aromatic carbocycles. The largest absolute Gasteiger partial charge is 0.308 e. The molecule has 7 rings (SSSR count). The highest BCUT2D eigenvalue weighted by molar-refractivity contribution is 7.27. The van der Waals surface area contributed by atoms with Crippen molar-refractivity contribution in [3.63, 3.8) is 0 Å². The van der Waals surface area contributed by atoms with Crippen LogP contribution in [0.4, 0.5) is 0 Å². The number of rotatable bonds is 2. The summed E-state index contributed by atoms with van der Waals surface area (Å²) in [7, 11) is 0. The van der Waals surface area contributed by atoms with E-state index in [-0.39, 0.29) is 0 Å². The molecule has 2 heterocycles. The van der Waals surface area contributed by atoms with E-state index in [0.29, 0.717) is 0 Å². The van der Waals surface area contributed by atoms with Crippen LogP contribution in [-0.4, -0.2) is 4.57 Å². The molecule has 0 saturated heterocycles. The van der Waals surface area contributed by atoms with Gasteiger partial charge in [0.25, 0.3) is 0 Å². The predicted molar refractivity (Wildman–Crippen MR) is 146 cm³/mol. The van der Waals surface area contributed by atoms with Gasteiger partial charge in [-0.3, -0.25) is 0 Å². The maximum absolute atomic E-state index is 2.46. The van der Waals surface area contributed by atoms with Crippen molar-refractivity contribution in [2.24, 2.45) is 0 Å². The lowest BCUT2D eigenvalue weighted by atomic mass is 9.98. The van der Waals surface area contributed by atoms with Crippen LogP contribution in [0.15, 0.2) is 103 Å². The quantitative estimate of drug-likeness (QED) is 0.253. The Labute approximate surface area is 195 Å². The highest BCUT2D eigenvalue weighted by Gasteiger charge is 2.21. The van der Waals surface area contributed by atoms with Crippen LogP contribution in [-0.2, 0) is 0 Å². The third-order valence-electron chi connectivity index (χ3n) is 6.66. The summed E-state index contributed by atoms with van der Waals surface area (Å²) < 4.78 is 5.17. The van der Waals surface area contributed by atoms with E-state index >= 15 is 0 Å². The van der Waals surface area contributed by atoms with Crippen molar-refractivity contribution in [3.8, 4) is 5.69 Å². The maximum Gasteiger partial charge on any atom is 0.0726 e. The normalized spacial score (nSPS) is 12.3. The van der Waals surface area contributed by atoms with Gasteiger partial charge in [0.05, 0.1) is 15.7 Å². The molecule has 0 atom stereocenters. The molecule has 33 heavy (non-hydrogen) atoms. The van der Waals surface area contributed by atoms with E-state index in [9.17, 15) is 0 Å². The molecule has 0 unspecified atom stereocenters. The molecule has 0 radical (unpaired) electrons. The van der Waals surface area contributed by atoms with Crippen LogP contribution in [0.5, 0.6) is 0 Å². The van der Waals surface area contributed by atoms with E-state index in [4.69, 9.17) is 0 Å². The zero-order chi connectivity index (χ0) is 21.9. The van der Waals surface area contributed by atoms with Crippen molar-refractivity contribution in [2.45, 2.75) is 6.92 Å². The Morgan fingerprint density at radius 3 is 2.06 bits per heavy atom. The highest BCUT2D eigenvalue weighted by Crippen LogP contribution is 2.48. The molecule has 0 spiro atoms. The Kier molecular flexibility index (Phi) is 3.99. The summed E-state index contributed by atoms with van der Waals surface area (Å²) >= 11 is 1.92. The monoisotopic (exact) mass is 439 g/mol. The number of hydrogen-bond donors (Lipinski definition) is 0. The molecular weight excluding hydrogens is 418 g/mol. The van der Waals surface area contributed by atoms with Gasteiger partial charge >= 0.3 is 0 Å². The van der Waals surface area contributed by atoms with Crippen LogP contribution < -0.4 is 0 Å². The van der Waals surface area contributed by atoms with Crippen molar-refractivity contribution in [1.82, 2.24) is 4.57 Å². The summed E-state index contributed by atoms with van der Waals surface area (Å²) in [4.78, 5) is 0. The van der Waals surface area contributed by atoms with Crippen molar-refractivity contribution < 1.29 is 0 Å². The van der Waals surface area contributed by atoms with Crippen molar-refractivity contribution >= 4 is 70.2 Å². The molecule has 156 valence electrons. The standard InChI is InChI=1S/C31H21NS/c1-2-11-20-12-10-18-25-28-23-16-7-6-15-22(23)27-24-17-8-9-19-26(24)32(21-13-4-3-5-14-21)29(27)31(28)33-30(20)25/h2-19H,1H3/b11-2+. The molecule has 1 nitrogen and oxygen atoms in total. The number of nitrogens with zero attached hydrogens (tertiary/aromatic N) is 1. The van der Waals surface area contributed by atoms with Gasteiger partial charge in [-0.2, -0.15) is 0 Å². The van der Waals surface area contributed by atoms with Gasteiger partial charge in [0.2, 0.25) is 0 Å². The summed E-state index contributed by atoms with van der Waals surface area (Å²) in [6, 6.07) is 35.2. The van der Waals surface area contributed by atoms with Gasteiger partial charge in [0.1, 0.15) is 0 Å².